The molecule has 0 spiro atoms. The lowest BCUT2D eigenvalue weighted by atomic mass is 10.2. The lowest BCUT2D eigenvalue weighted by Crippen LogP contribution is -2.22. The molecular formula is C6H4F3NOS. The Morgan fingerprint density at radius 1 is 1.50 bits per heavy atom. The second kappa shape index (κ2) is 2.78. The molecule has 0 unspecified atom stereocenters. The predicted octanol–water partition coefficient (Wildman–Crippen LogP) is 2.08. The maximum Gasteiger partial charge on any atom is 0.454 e. The molecule has 6 heteroatoms. The van der Waals surface area contributed by atoms with Gasteiger partial charge in [-0.25, -0.2) is 0 Å². The van der Waals surface area contributed by atoms with E-state index in [0.717, 1.165) is 17.4 Å². The number of rotatable bonds is 1. The van der Waals surface area contributed by atoms with Gasteiger partial charge in [-0.15, -0.1) is 11.3 Å². The summed E-state index contributed by atoms with van der Waals surface area (Å²) in [4.78, 5) is 10.5. The van der Waals surface area contributed by atoms with Crippen LogP contribution >= 0.6 is 11.3 Å². The molecule has 0 fully saturated rings. The van der Waals surface area contributed by atoms with Gasteiger partial charge in [-0.2, -0.15) is 13.2 Å². The van der Waals surface area contributed by atoms with Crippen molar-refractivity contribution in [3.8, 4) is 0 Å². The predicted molar refractivity (Wildman–Crippen MR) is 39.1 cm³/mol. The van der Waals surface area contributed by atoms with Crippen LogP contribution in [-0.2, 0) is 0 Å². The zero-order chi connectivity index (χ0) is 9.35. The average Bonchev–Trinajstić information content (AvgIpc) is 2.31. The van der Waals surface area contributed by atoms with E-state index in [0.29, 0.717) is 0 Å². The topological polar surface area (TPSA) is 43.1 Å². The molecule has 1 rings (SSSR count). The minimum absolute atomic E-state index is 0.0997. The number of nitrogen functional groups attached to an aromatic ring is 1. The van der Waals surface area contributed by atoms with E-state index in [1.54, 1.807) is 0 Å². The number of thiophene rings is 1. The molecule has 1 aromatic rings. The third kappa shape index (κ3) is 1.58. The van der Waals surface area contributed by atoms with Gasteiger partial charge in [0.05, 0.1) is 10.6 Å². The van der Waals surface area contributed by atoms with Crippen LogP contribution in [-0.4, -0.2) is 12.0 Å². The molecular weight excluding hydrogens is 191 g/mol. The van der Waals surface area contributed by atoms with Crippen LogP contribution in [0, 0.1) is 0 Å². The highest BCUT2D eigenvalue weighted by atomic mass is 32.1. The highest BCUT2D eigenvalue weighted by Crippen LogP contribution is 2.27. The van der Waals surface area contributed by atoms with Gasteiger partial charge in [0.15, 0.2) is 0 Å². The van der Waals surface area contributed by atoms with E-state index in [4.69, 9.17) is 5.73 Å². The number of ketones is 1. The van der Waals surface area contributed by atoms with E-state index in [9.17, 15) is 18.0 Å². The first-order valence-corrected chi connectivity index (χ1v) is 3.75. The molecule has 0 amide bonds. The minimum atomic E-state index is -4.84. The van der Waals surface area contributed by atoms with Crippen molar-refractivity contribution in [1.29, 1.82) is 0 Å². The van der Waals surface area contributed by atoms with E-state index < -0.39 is 17.5 Å². The summed E-state index contributed by atoms with van der Waals surface area (Å²) in [6.45, 7) is 0. The summed E-state index contributed by atoms with van der Waals surface area (Å²) in [5, 5.41) is 1.24. The summed E-state index contributed by atoms with van der Waals surface area (Å²) in [5.41, 5.74) is 4.67. The molecule has 0 saturated heterocycles. The fourth-order valence-corrected chi connectivity index (χ4v) is 1.30. The zero-order valence-electron chi connectivity index (χ0n) is 5.68. The van der Waals surface area contributed by atoms with Crippen LogP contribution in [0.4, 0.5) is 18.2 Å². The smallest absolute Gasteiger partial charge is 0.390 e. The van der Waals surface area contributed by atoms with Crippen molar-refractivity contribution in [3.63, 3.8) is 0 Å². The molecule has 2 nitrogen and oxygen atoms in total. The van der Waals surface area contributed by atoms with Gasteiger partial charge >= 0.3 is 6.18 Å². The third-order valence-electron chi connectivity index (χ3n) is 1.20. The normalized spacial score (nSPS) is 11.6. The Morgan fingerprint density at radius 3 is 2.42 bits per heavy atom. The molecule has 0 atom stereocenters. The molecule has 1 heterocycles. The molecule has 0 saturated carbocycles. The zero-order valence-corrected chi connectivity index (χ0v) is 6.50. The molecule has 66 valence electrons. The average molecular weight is 195 g/mol. The standard InChI is InChI=1S/C6H4F3NOS/c7-6(8,9)4(11)3-1-2-12-5(3)10/h1-2H,10H2. The van der Waals surface area contributed by atoms with Gasteiger partial charge in [0, 0.05) is 0 Å². The van der Waals surface area contributed by atoms with Crippen LogP contribution in [0.15, 0.2) is 11.4 Å². The number of halogens is 3. The number of carbonyl (C=O) groups excluding carboxylic acids is 1. The van der Waals surface area contributed by atoms with Gasteiger partial charge in [-0.3, -0.25) is 4.79 Å². The molecule has 0 aliphatic carbocycles. The number of nitrogens with two attached hydrogens (primary N) is 1. The fourth-order valence-electron chi connectivity index (χ4n) is 0.661. The monoisotopic (exact) mass is 195 g/mol. The van der Waals surface area contributed by atoms with Gasteiger partial charge in [-0.1, -0.05) is 0 Å². The fraction of sp³-hybridized carbons (Fsp3) is 0.167. The summed E-state index contributed by atoms with van der Waals surface area (Å²) in [7, 11) is 0. The largest absolute Gasteiger partial charge is 0.454 e. The van der Waals surface area contributed by atoms with Gasteiger partial charge < -0.3 is 5.73 Å². The molecule has 0 bridgehead atoms. The Morgan fingerprint density at radius 2 is 2.08 bits per heavy atom. The third-order valence-corrected chi connectivity index (χ3v) is 1.94. The van der Waals surface area contributed by atoms with Crippen LogP contribution in [0.2, 0.25) is 0 Å². The Hall–Kier alpha value is -1.04. The number of Topliss-reactive ketones (excluding diaryl/α,β-unsaturated/α-hetero) is 1. The SMILES string of the molecule is Nc1sccc1C(=O)C(F)(F)F. The van der Waals surface area contributed by atoms with Gasteiger partial charge in [-0.05, 0) is 11.4 Å². The molecule has 0 aromatic carbocycles. The lowest BCUT2D eigenvalue weighted by molar-refractivity contribution is -0.0884. The Kier molecular flexibility index (Phi) is 2.10. The highest BCUT2D eigenvalue weighted by molar-refractivity contribution is 7.14. The molecule has 0 aliphatic heterocycles. The molecule has 1 aromatic heterocycles. The minimum Gasteiger partial charge on any atom is -0.390 e. The van der Waals surface area contributed by atoms with Crippen molar-refractivity contribution >= 4 is 22.1 Å². The van der Waals surface area contributed by atoms with Crippen molar-refractivity contribution < 1.29 is 18.0 Å². The molecule has 2 N–H and O–H groups in total. The van der Waals surface area contributed by atoms with Gasteiger partial charge in [0.25, 0.3) is 5.78 Å². The summed E-state index contributed by atoms with van der Waals surface area (Å²) in [6.07, 6.45) is -4.84. The second-order valence-corrected chi connectivity index (χ2v) is 2.97. The first-order valence-electron chi connectivity index (χ1n) is 2.87. The highest BCUT2D eigenvalue weighted by Gasteiger charge is 2.40. The van der Waals surface area contributed by atoms with Crippen LogP contribution in [0.3, 0.4) is 0 Å². The van der Waals surface area contributed by atoms with Crippen LogP contribution < -0.4 is 5.73 Å². The van der Waals surface area contributed by atoms with Crippen molar-refractivity contribution in [2.45, 2.75) is 6.18 Å². The molecule has 12 heavy (non-hydrogen) atoms. The maximum atomic E-state index is 11.8. The summed E-state index contributed by atoms with van der Waals surface area (Å²) in [5.74, 6) is -1.89. The summed E-state index contributed by atoms with van der Waals surface area (Å²) in [6, 6.07) is 1.07. The van der Waals surface area contributed by atoms with Crippen molar-refractivity contribution in [3.05, 3.63) is 17.0 Å². The van der Waals surface area contributed by atoms with Gasteiger partial charge in [0.2, 0.25) is 0 Å². The quantitative estimate of drug-likeness (QED) is 0.697. The van der Waals surface area contributed by atoms with Crippen LogP contribution in [0.25, 0.3) is 0 Å². The molecule has 0 aliphatic rings. The van der Waals surface area contributed by atoms with Crippen molar-refractivity contribution in [2.24, 2.45) is 0 Å². The second-order valence-electron chi connectivity index (χ2n) is 2.03. The van der Waals surface area contributed by atoms with E-state index in [-0.39, 0.29) is 5.00 Å². The summed E-state index contributed by atoms with van der Waals surface area (Å²) >= 11 is 0.906. The lowest BCUT2D eigenvalue weighted by Gasteiger charge is -2.02. The summed E-state index contributed by atoms with van der Waals surface area (Å²) < 4.78 is 35.4. The van der Waals surface area contributed by atoms with E-state index in [2.05, 4.69) is 0 Å². The van der Waals surface area contributed by atoms with E-state index in [1.807, 2.05) is 0 Å². The van der Waals surface area contributed by atoms with Crippen molar-refractivity contribution in [2.75, 3.05) is 5.73 Å². The van der Waals surface area contributed by atoms with Crippen molar-refractivity contribution in [1.82, 2.24) is 0 Å². The Balaban J connectivity index is 3.01. The van der Waals surface area contributed by atoms with Crippen LogP contribution in [0.5, 0.6) is 0 Å². The number of carbonyl (C=O) groups is 1. The number of alkyl halides is 3. The van der Waals surface area contributed by atoms with Gasteiger partial charge in [0.1, 0.15) is 0 Å². The Bertz CT molecular complexity index is 304. The first kappa shape index (κ1) is 9.05. The van der Waals surface area contributed by atoms with E-state index in [1.165, 1.54) is 5.38 Å². The molecule has 0 radical (unpaired) electrons. The maximum absolute atomic E-state index is 11.8. The Labute approximate surface area is 69.8 Å². The number of hydrogen-bond donors (Lipinski definition) is 1. The first-order chi connectivity index (χ1) is 5.43. The van der Waals surface area contributed by atoms with E-state index >= 15 is 0 Å². The number of hydrogen-bond acceptors (Lipinski definition) is 3. The van der Waals surface area contributed by atoms with Crippen LogP contribution in [0.1, 0.15) is 10.4 Å². The number of anilines is 1.